The van der Waals surface area contributed by atoms with Gasteiger partial charge in [0.05, 0.1) is 5.69 Å². The molecule has 0 saturated carbocycles. The second kappa shape index (κ2) is 7.23. The molecule has 0 radical (unpaired) electrons. The van der Waals surface area contributed by atoms with Crippen LogP contribution >= 0.6 is 0 Å². The monoisotopic (exact) mass is 395 g/mol. The van der Waals surface area contributed by atoms with Crippen LogP contribution in [0.1, 0.15) is 22.2 Å². The fraction of sp³-hybridized carbons (Fsp3) is 0.263. The Labute approximate surface area is 164 Å². The first kappa shape index (κ1) is 19.0. The molecule has 4 rings (SSSR count). The van der Waals surface area contributed by atoms with Crippen LogP contribution in [0.2, 0.25) is 0 Å². The minimum Gasteiger partial charge on any atom is -0.387 e. The normalized spacial score (nSPS) is 26.3. The molecule has 0 unspecified atom stereocenters. The third-order valence-corrected chi connectivity index (χ3v) is 4.88. The van der Waals surface area contributed by atoms with Crippen LogP contribution in [0.15, 0.2) is 48.8 Å². The highest BCUT2D eigenvalue weighted by Crippen LogP contribution is 2.41. The minimum absolute atomic E-state index is 0.242. The van der Waals surface area contributed by atoms with Gasteiger partial charge in [-0.1, -0.05) is 18.2 Å². The largest absolute Gasteiger partial charge is 0.389 e. The number of benzene rings is 1. The average molecular weight is 395 g/mol. The summed E-state index contributed by atoms with van der Waals surface area (Å²) in [4.78, 5) is 19.7. The van der Waals surface area contributed by atoms with E-state index in [2.05, 4.69) is 20.2 Å². The van der Waals surface area contributed by atoms with Gasteiger partial charge in [-0.15, -0.1) is 0 Å². The lowest BCUT2D eigenvalue weighted by Gasteiger charge is -2.16. The number of anilines is 1. The van der Waals surface area contributed by atoms with Crippen molar-refractivity contribution in [1.82, 2.24) is 14.6 Å². The van der Waals surface area contributed by atoms with Crippen molar-refractivity contribution in [2.24, 2.45) is 0 Å². The van der Waals surface area contributed by atoms with Gasteiger partial charge >= 0.3 is 5.72 Å². The Kier molecular flexibility index (Phi) is 4.73. The number of fused-ring (bicyclic) bond motifs is 1. The number of aromatic nitrogens is 3. The fourth-order valence-electron chi connectivity index (χ4n) is 3.32. The van der Waals surface area contributed by atoms with E-state index in [9.17, 15) is 20.1 Å². The van der Waals surface area contributed by atoms with Crippen molar-refractivity contribution in [1.29, 1.82) is 0 Å². The van der Waals surface area contributed by atoms with Gasteiger partial charge in [0.25, 0.3) is 5.91 Å². The van der Waals surface area contributed by atoms with E-state index in [1.165, 1.54) is 10.8 Å². The first-order chi connectivity index (χ1) is 14.0. The topological polar surface area (TPSA) is 134 Å². The van der Waals surface area contributed by atoms with Gasteiger partial charge in [0, 0.05) is 5.56 Å². The smallest absolute Gasteiger partial charge is 0.387 e. The van der Waals surface area contributed by atoms with E-state index in [0.717, 1.165) is 0 Å². The maximum absolute atomic E-state index is 12.4. The molecule has 148 valence electrons. The summed E-state index contributed by atoms with van der Waals surface area (Å²) in [6.07, 6.45) is -2.93. The van der Waals surface area contributed by atoms with Crippen LogP contribution in [0.5, 0.6) is 0 Å². The van der Waals surface area contributed by atoms with E-state index in [1.807, 2.05) is 0 Å². The van der Waals surface area contributed by atoms with Gasteiger partial charge in [-0.3, -0.25) is 14.4 Å². The molecule has 2 aromatic heterocycles. The standard InChI is InChI=1S/C19H17N5O5/c1-20-19(9-25)16(27)14(26)15(29-19)12-7-8-13-17(21-10-22-24(12)13)23-18(28)11-5-3-2-4-6-11/h2-8,10,14-16,25-27H,9H2,(H,21,22,23,28)/t14-,15-,16-,19+/m0/s1. The Morgan fingerprint density at radius 1 is 1.28 bits per heavy atom. The number of nitrogens with zero attached hydrogens (tertiary/aromatic N) is 4. The maximum atomic E-state index is 12.4. The first-order valence-electron chi connectivity index (χ1n) is 8.73. The van der Waals surface area contributed by atoms with Crippen molar-refractivity contribution >= 4 is 17.2 Å². The van der Waals surface area contributed by atoms with Gasteiger partial charge in [0.15, 0.2) is 18.5 Å². The van der Waals surface area contributed by atoms with Crippen LogP contribution in [0, 0.1) is 6.57 Å². The molecule has 1 aromatic carbocycles. The van der Waals surface area contributed by atoms with Crippen molar-refractivity contribution in [3.8, 4) is 0 Å². The number of carbonyl (C=O) groups excluding carboxylic acids is 1. The second-order valence-electron chi connectivity index (χ2n) is 6.57. The lowest BCUT2D eigenvalue weighted by Crippen LogP contribution is -2.43. The van der Waals surface area contributed by atoms with Gasteiger partial charge in [0.1, 0.15) is 24.1 Å². The van der Waals surface area contributed by atoms with Gasteiger partial charge in [-0.25, -0.2) is 16.1 Å². The number of aliphatic hydroxyl groups excluding tert-OH is 3. The molecule has 1 saturated heterocycles. The van der Waals surface area contributed by atoms with Crippen LogP contribution in [-0.4, -0.2) is 60.4 Å². The Hall–Kier alpha value is -3.36. The molecule has 1 aliphatic rings. The number of aliphatic hydroxyl groups is 3. The molecule has 4 N–H and O–H groups in total. The van der Waals surface area contributed by atoms with Gasteiger partial charge in [-0.05, 0) is 24.3 Å². The Morgan fingerprint density at radius 3 is 2.69 bits per heavy atom. The van der Waals surface area contributed by atoms with E-state index in [-0.39, 0.29) is 11.7 Å². The van der Waals surface area contributed by atoms with Crippen LogP contribution in [0.4, 0.5) is 5.82 Å². The molecule has 1 amide bonds. The molecule has 0 spiro atoms. The van der Waals surface area contributed by atoms with Crippen LogP contribution in [0.3, 0.4) is 0 Å². The van der Waals surface area contributed by atoms with E-state index < -0.39 is 30.6 Å². The molecule has 1 aliphatic heterocycles. The molecule has 3 heterocycles. The van der Waals surface area contributed by atoms with Crippen molar-refractivity contribution in [3.63, 3.8) is 0 Å². The van der Waals surface area contributed by atoms with Crippen LogP contribution in [-0.2, 0) is 4.74 Å². The minimum atomic E-state index is -1.95. The summed E-state index contributed by atoms with van der Waals surface area (Å²) >= 11 is 0. The Morgan fingerprint density at radius 2 is 2.03 bits per heavy atom. The van der Waals surface area contributed by atoms with E-state index in [1.54, 1.807) is 42.5 Å². The summed E-state index contributed by atoms with van der Waals surface area (Å²) in [6.45, 7) is 6.45. The lowest BCUT2D eigenvalue weighted by atomic mass is 10.0. The average Bonchev–Trinajstić information content (AvgIpc) is 3.29. The van der Waals surface area contributed by atoms with Crippen molar-refractivity contribution < 1.29 is 24.9 Å². The van der Waals surface area contributed by atoms with Gasteiger partial charge in [-0.2, -0.15) is 5.10 Å². The van der Waals surface area contributed by atoms with Crippen molar-refractivity contribution in [2.45, 2.75) is 24.0 Å². The zero-order valence-electron chi connectivity index (χ0n) is 15.0. The summed E-state index contributed by atoms with van der Waals surface area (Å²) in [5, 5.41) is 36.9. The van der Waals surface area contributed by atoms with Crippen molar-refractivity contribution in [3.05, 3.63) is 71.5 Å². The van der Waals surface area contributed by atoms with Gasteiger partial charge in [0.2, 0.25) is 0 Å². The van der Waals surface area contributed by atoms with E-state index in [0.29, 0.717) is 16.8 Å². The highest BCUT2D eigenvalue weighted by Gasteiger charge is 2.61. The second-order valence-corrected chi connectivity index (χ2v) is 6.57. The summed E-state index contributed by atoms with van der Waals surface area (Å²) in [5.74, 6) is -0.111. The Balaban J connectivity index is 1.68. The molecule has 4 atom stereocenters. The van der Waals surface area contributed by atoms with Crippen molar-refractivity contribution in [2.75, 3.05) is 11.9 Å². The molecular weight excluding hydrogens is 378 g/mol. The Bertz CT molecular complexity index is 1100. The molecule has 0 aliphatic carbocycles. The molecule has 3 aromatic rings. The third-order valence-electron chi connectivity index (χ3n) is 4.88. The highest BCUT2D eigenvalue weighted by atomic mass is 16.6. The predicted molar refractivity (Wildman–Crippen MR) is 99.6 cm³/mol. The predicted octanol–water partition coefficient (Wildman–Crippen LogP) is 0.383. The van der Waals surface area contributed by atoms with Crippen LogP contribution < -0.4 is 5.32 Å². The summed E-state index contributed by atoms with van der Waals surface area (Å²) < 4.78 is 6.94. The summed E-state index contributed by atoms with van der Waals surface area (Å²) in [6, 6.07) is 11.8. The fourth-order valence-corrected chi connectivity index (χ4v) is 3.32. The molecule has 29 heavy (non-hydrogen) atoms. The number of rotatable bonds is 4. The zero-order chi connectivity index (χ0) is 20.6. The highest BCUT2D eigenvalue weighted by molar-refractivity contribution is 6.05. The third kappa shape index (κ3) is 3.02. The number of amides is 1. The molecule has 10 heteroatoms. The van der Waals surface area contributed by atoms with Gasteiger partial charge < -0.3 is 20.6 Å². The molecule has 10 nitrogen and oxygen atoms in total. The number of carbonyl (C=O) groups is 1. The number of hydrogen-bond donors (Lipinski definition) is 4. The maximum Gasteiger partial charge on any atom is 0.389 e. The zero-order valence-corrected chi connectivity index (χ0v) is 15.0. The lowest BCUT2D eigenvalue weighted by molar-refractivity contribution is -0.0819. The number of ether oxygens (including phenoxy) is 1. The molecule has 1 fully saturated rings. The summed E-state index contributed by atoms with van der Waals surface area (Å²) in [5.41, 5.74) is -0.728. The molecule has 0 bridgehead atoms. The number of hydrogen-bond acceptors (Lipinski definition) is 7. The quantitative estimate of drug-likeness (QED) is 0.469. The van der Waals surface area contributed by atoms with Crippen LogP contribution in [0.25, 0.3) is 10.4 Å². The summed E-state index contributed by atoms with van der Waals surface area (Å²) in [7, 11) is 0. The van der Waals surface area contributed by atoms with E-state index in [4.69, 9.17) is 11.3 Å². The molecular formula is C19H17N5O5. The number of nitrogens with one attached hydrogen (secondary N) is 1. The SMILES string of the molecule is [C-]#[N+][C@]1(CO)O[C@@H](c2ccc3c(NC(=O)c4ccccc4)ncnn23)[C@H](O)[C@@H]1O. The van der Waals surface area contributed by atoms with E-state index >= 15 is 0 Å². The first-order valence-corrected chi connectivity index (χ1v) is 8.73.